The van der Waals surface area contributed by atoms with Gasteiger partial charge in [-0.3, -0.25) is 14.2 Å². The zero-order valence-corrected chi connectivity index (χ0v) is 20.3. The van der Waals surface area contributed by atoms with Crippen LogP contribution in [0.5, 0.6) is 11.5 Å². The molecule has 4 rings (SSSR count). The number of carbonyl (C=O) groups excluding carboxylic acids is 1. The van der Waals surface area contributed by atoms with Crippen LogP contribution in [0.1, 0.15) is 11.1 Å². The summed E-state index contributed by atoms with van der Waals surface area (Å²) in [5.41, 5.74) is 5.21. The Morgan fingerprint density at radius 1 is 1.06 bits per heavy atom. The lowest BCUT2D eigenvalue weighted by atomic mass is 10.2. The SMILES string of the molecule is COc1cccc(C=NNC(=O)CSc2nc3ccccc3c(=O)n2-c2ccccc2C)c1OC. The molecular weight excluding hydrogens is 464 g/mol. The lowest BCUT2D eigenvalue weighted by molar-refractivity contribution is -0.118. The molecule has 1 N–H and O–H groups in total. The number of hydrazone groups is 1. The fraction of sp³-hybridized carbons (Fsp3) is 0.154. The van der Waals surface area contributed by atoms with E-state index in [1.807, 2.05) is 43.3 Å². The first-order valence-electron chi connectivity index (χ1n) is 10.8. The minimum Gasteiger partial charge on any atom is -0.493 e. The van der Waals surface area contributed by atoms with E-state index in [1.54, 1.807) is 42.0 Å². The summed E-state index contributed by atoms with van der Waals surface area (Å²) in [6, 6.07) is 20.1. The van der Waals surface area contributed by atoms with E-state index in [4.69, 9.17) is 9.47 Å². The average Bonchev–Trinajstić information content (AvgIpc) is 2.88. The zero-order chi connectivity index (χ0) is 24.8. The number of fused-ring (bicyclic) bond motifs is 1. The predicted octanol–water partition coefficient (Wildman–Crippen LogP) is 3.95. The summed E-state index contributed by atoms with van der Waals surface area (Å²) in [4.78, 5) is 30.6. The maximum atomic E-state index is 13.4. The van der Waals surface area contributed by atoms with Gasteiger partial charge in [-0.2, -0.15) is 5.10 Å². The third-order valence-corrected chi connectivity index (χ3v) is 6.20. The van der Waals surface area contributed by atoms with E-state index in [2.05, 4.69) is 15.5 Å². The lowest BCUT2D eigenvalue weighted by Gasteiger charge is -2.14. The monoisotopic (exact) mass is 488 g/mol. The van der Waals surface area contributed by atoms with Crippen molar-refractivity contribution in [2.24, 2.45) is 5.10 Å². The second-order valence-corrected chi connectivity index (χ2v) is 8.45. The molecule has 0 unspecified atom stereocenters. The molecular formula is C26H24N4O4S. The van der Waals surface area contributed by atoms with Crippen LogP contribution in [0.25, 0.3) is 16.6 Å². The van der Waals surface area contributed by atoms with E-state index in [9.17, 15) is 9.59 Å². The Labute approximate surface area is 206 Å². The number of ether oxygens (including phenoxy) is 2. The molecule has 0 saturated carbocycles. The fourth-order valence-electron chi connectivity index (χ4n) is 3.59. The number of nitrogens with zero attached hydrogens (tertiary/aromatic N) is 3. The Hall–Kier alpha value is -4.11. The van der Waals surface area contributed by atoms with Crippen molar-refractivity contribution in [3.05, 3.63) is 88.2 Å². The molecule has 8 nitrogen and oxygen atoms in total. The number of methoxy groups -OCH3 is 2. The quantitative estimate of drug-likeness (QED) is 0.175. The molecule has 1 aromatic heterocycles. The largest absolute Gasteiger partial charge is 0.493 e. The Bertz CT molecular complexity index is 1470. The average molecular weight is 489 g/mol. The minimum absolute atomic E-state index is 0.0171. The summed E-state index contributed by atoms with van der Waals surface area (Å²) in [7, 11) is 3.09. The van der Waals surface area contributed by atoms with Gasteiger partial charge in [0.1, 0.15) is 0 Å². The van der Waals surface area contributed by atoms with Crippen LogP contribution in [0.2, 0.25) is 0 Å². The van der Waals surface area contributed by atoms with Gasteiger partial charge in [0.2, 0.25) is 0 Å². The molecule has 1 heterocycles. The van der Waals surface area contributed by atoms with E-state index in [1.165, 1.54) is 25.1 Å². The highest BCUT2D eigenvalue weighted by Gasteiger charge is 2.16. The smallest absolute Gasteiger partial charge is 0.266 e. The van der Waals surface area contributed by atoms with Gasteiger partial charge in [0.15, 0.2) is 16.7 Å². The predicted molar refractivity (Wildman–Crippen MR) is 138 cm³/mol. The molecule has 0 aliphatic rings. The molecule has 1 amide bonds. The number of hydrogen-bond acceptors (Lipinski definition) is 7. The van der Waals surface area contributed by atoms with Gasteiger partial charge < -0.3 is 9.47 Å². The van der Waals surface area contributed by atoms with Crippen molar-refractivity contribution in [3.63, 3.8) is 0 Å². The summed E-state index contributed by atoms with van der Waals surface area (Å²) in [6.45, 7) is 1.93. The minimum atomic E-state index is -0.341. The van der Waals surface area contributed by atoms with E-state index in [0.29, 0.717) is 33.1 Å². The van der Waals surface area contributed by atoms with Crippen molar-refractivity contribution in [2.75, 3.05) is 20.0 Å². The van der Waals surface area contributed by atoms with Gasteiger partial charge in [0.25, 0.3) is 11.5 Å². The highest BCUT2D eigenvalue weighted by molar-refractivity contribution is 7.99. The molecule has 0 aliphatic carbocycles. The van der Waals surface area contributed by atoms with Crippen LogP contribution in [0.3, 0.4) is 0 Å². The van der Waals surface area contributed by atoms with Crippen LogP contribution in [-0.2, 0) is 4.79 Å². The van der Waals surface area contributed by atoms with Crippen LogP contribution in [-0.4, -0.2) is 41.6 Å². The summed E-state index contributed by atoms with van der Waals surface area (Å²) in [6.07, 6.45) is 1.49. The van der Waals surface area contributed by atoms with Crippen molar-refractivity contribution in [2.45, 2.75) is 12.1 Å². The summed E-state index contributed by atoms with van der Waals surface area (Å²) in [5.74, 6) is 0.759. The molecule has 0 atom stereocenters. The van der Waals surface area contributed by atoms with Crippen molar-refractivity contribution in [1.29, 1.82) is 0 Å². The Kier molecular flexibility index (Phi) is 7.47. The van der Waals surface area contributed by atoms with Gasteiger partial charge in [-0.05, 0) is 42.8 Å². The standard InChI is InChI=1S/C26H24N4O4S/c1-17-9-4-7-13-21(17)30-25(32)19-11-5-6-12-20(19)28-26(30)35-16-23(31)29-27-15-18-10-8-14-22(33-2)24(18)34-3/h4-15H,16H2,1-3H3,(H,29,31). The van der Waals surface area contributed by atoms with Crippen LogP contribution in [0.15, 0.2) is 81.8 Å². The number of amides is 1. The lowest BCUT2D eigenvalue weighted by Crippen LogP contribution is -2.24. The molecule has 3 aromatic carbocycles. The van der Waals surface area contributed by atoms with Crippen molar-refractivity contribution in [1.82, 2.24) is 15.0 Å². The number of aromatic nitrogens is 2. The topological polar surface area (TPSA) is 94.8 Å². The third kappa shape index (κ3) is 5.20. The molecule has 0 aliphatic heterocycles. The highest BCUT2D eigenvalue weighted by Crippen LogP contribution is 2.29. The van der Waals surface area contributed by atoms with Gasteiger partial charge in [-0.15, -0.1) is 0 Å². The zero-order valence-electron chi connectivity index (χ0n) is 19.5. The third-order valence-electron chi connectivity index (χ3n) is 5.26. The molecule has 178 valence electrons. The molecule has 0 saturated heterocycles. The number of nitrogens with one attached hydrogen (secondary N) is 1. The summed E-state index contributed by atoms with van der Waals surface area (Å²) >= 11 is 1.17. The number of para-hydroxylation sites is 3. The second kappa shape index (κ2) is 10.9. The number of aryl methyl sites for hydroxylation is 1. The number of thioether (sulfide) groups is 1. The van der Waals surface area contributed by atoms with Gasteiger partial charge in [0.05, 0.1) is 42.8 Å². The van der Waals surface area contributed by atoms with Crippen molar-refractivity contribution >= 4 is 34.8 Å². The van der Waals surface area contributed by atoms with Crippen LogP contribution < -0.4 is 20.5 Å². The van der Waals surface area contributed by atoms with Gasteiger partial charge in [-0.1, -0.05) is 48.2 Å². The molecule has 9 heteroatoms. The first-order valence-corrected chi connectivity index (χ1v) is 11.8. The summed E-state index contributed by atoms with van der Waals surface area (Å²) in [5, 5.41) is 4.98. The molecule has 0 radical (unpaired) electrons. The van der Waals surface area contributed by atoms with Crippen molar-refractivity contribution in [3.8, 4) is 17.2 Å². The van der Waals surface area contributed by atoms with Gasteiger partial charge in [0, 0.05) is 5.56 Å². The van der Waals surface area contributed by atoms with Gasteiger partial charge >= 0.3 is 0 Å². The number of carbonyl (C=O) groups is 1. The van der Waals surface area contributed by atoms with E-state index < -0.39 is 0 Å². The molecule has 35 heavy (non-hydrogen) atoms. The Morgan fingerprint density at radius 3 is 2.60 bits per heavy atom. The van der Waals surface area contributed by atoms with Crippen LogP contribution in [0.4, 0.5) is 0 Å². The molecule has 4 aromatic rings. The van der Waals surface area contributed by atoms with Crippen LogP contribution >= 0.6 is 11.8 Å². The Balaban J connectivity index is 1.56. The van der Waals surface area contributed by atoms with E-state index >= 15 is 0 Å². The number of benzene rings is 3. The number of hydrogen-bond donors (Lipinski definition) is 1. The number of rotatable bonds is 8. The molecule has 0 fully saturated rings. The van der Waals surface area contributed by atoms with Gasteiger partial charge in [-0.25, -0.2) is 10.4 Å². The van der Waals surface area contributed by atoms with E-state index in [0.717, 1.165) is 11.3 Å². The summed E-state index contributed by atoms with van der Waals surface area (Å²) < 4.78 is 12.2. The normalized spacial score (nSPS) is 11.1. The maximum Gasteiger partial charge on any atom is 0.266 e. The highest BCUT2D eigenvalue weighted by atomic mass is 32.2. The van der Waals surface area contributed by atoms with E-state index in [-0.39, 0.29) is 17.2 Å². The second-order valence-electron chi connectivity index (χ2n) is 7.50. The maximum absolute atomic E-state index is 13.4. The molecule has 0 spiro atoms. The fourth-order valence-corrected chi connectivity index (χ4v) is 4.38. The molecule has 0 bridgehead atoms. The first kappa shape index (κ1) is 24.0. The van der Waals surface area contributed by atoms with Crippen LogP contribution in [0, 0.1) is 6.92 Å². The Morgan fingerprint density at radius 2 is 1.83 bits per heavy atom. The van der Waals surface area contributed by atoms with Crippen molar-refractivity contribution < 1.29 is 14.3 Å². The first-order chi connectivity index (χ1) is 17.0.